The molecule has 0 bridgehead atoms. The molecule has 17 heavy (non-hydrogen) atoms. The largest absolute Gasteiger partial charge is 0.465 e. The van der Waals surface area contributed by atoms with Crippen molar-refractivity contribution in [1.82, 2.24) is 0 Å². The Morgan fingerprint density at radius 3 is 2.65 bits per heavy atom. The van der Waals surface area contributed by atoms with E-state index in [1.54, 1.807) is 13.8 Å². The fourth-order valence-electron chi connectivity index (χ4n) is 2.53. The summed E-state index contributed by atoms with van der Waals surface area (Å²) in [5, 5.41) is 0. The van der Waals surface area contributed by atoms with E-state index in [0.717, 1.165) is 0 Å². The first-order chi connectivity index (χ1) is 8.02. The van der Waals surface area contributed by atoms with Crippen LogP contribution in [0.25, 0.3) is 0 Å². The molecule has 0 radical (unpaired) electrons. The molecule has 1 saturated heterocycles. The number of rotatable bonds is 2. The van der Waals surface area contributed by atoms with E-state index in [-0.39, 0.29) is 18.8 Å². The summed E-state index contributed by atoms with van der Waals surface area (Å²) in [6, 6.07) is 0. The topological polar surface area (TPSA) is 61.8 Å². The maximum Gasteiger partial charge on any atom is 0.319 e. The Balaban J connectivity index is 2.18. The van der Waals surface area contributed by atoms with Crippen LogP contribution in [0.5, 0.6) is 0 Å². The van der Waals surface area contributed by atoms with E-state index in [1.807, 2.05) is 0 Å². The van der Waals surface area contributed by atoms with Crippen LogP contribution in [-0.2, 0) is 23.8 Å². The van der Waals surface area contributed by atoms with Gasteiger partial charge in [-0.15, -0.1) is 0 Å². The van der Waals surface area contributed by atoms with Crippen LogP contribution in [-0.4, -0.2) is 37.4 Å². The summed E-state index contributed by atoms with van der Waals surface area (Å²) in [6.45, 7) is 4.67. The zero-order valence-electron chi connectivity index (χ0n) is 10.3. The molecule has 0 amide bonds. The molecule has 0 N–H and O–H groups in total. The van der Waals surface area contributed by atoms with Crippen molar-refractivity contribution in [2.75, 3.05) is 19.8 Å². The maximum atomic E-state index is 12.0. The highest BCUT2D eigenvalue weighted by atomic mass is 16.7. The lowest BCUT2D eigenvalue weighted by Gasteiger charge is -2.39. The second kappa shape index (κ2) is 4.38. The predicted octanol–water partition coefficient (Wildman–Crippen LogP) is 1.05. The Bertz CT molecular complexity index is 332. The van der Waals surface area contributed by atoms with Gasteiger partial charge in [-0.1, -0.05) is 0 Å². The summed E-state index contributed by atoms with van der Waals surface area (Å²) in [5.41, 5.74) is -1.13. The van der Waals surface area contributed by atoms with Gasteiger partial charge in [0.15, 0.2) is 5.79 Å². The second-order valence-corrected chi connectivity index (χ2v) is 4.76. The van der Waals surface area contributed by atoms with Crippen LogP contribution in [0.15, 0.2) is 0 Å². The summed E-state index contributed by atoms with van der Waals surface area (Å²) >= 11 is 0. The molecular formula is C12H18O5. The van der Waals surface area contributed by atoms with E-state index in [2.05, 4.69) is 0 Å². The van der Waals surface area contributed by atoms with E-state index in [1.165, 1.54) is 0 Å². The van der Waals surface area contributed by atoms with Gasteiger partial charge in [0.05, 0.1) is 19.8 Å². The lowest BCUT2D eigenvalue weighted by molar-refractivity contribution is -0.207. The highest BCUT2D eigenvalue weighted by Crippen LogP contribution is 2.44. The van der Waals surface area contributed by atoms with Crippen LogP contribution in [0.3, 0.4) is 0 Å². The van der Waals surface area contributed by atoms with Crippen LogP contribution >= 0.6 is 0 Å². The third kappa shape index (κ3) is 2.09. The summed E-state index contributed by atoms with van der Waals surface area (Å²) in [5.74, 6) is -1.31. The minimum Gasteiger partial charge on any atom is -0.465 e. The van der Waals surface area contributed by atoms with Gasteiger partial charge >= 0.3 is 5.97 Å². The fourth-order valence-corrected chi connectivity index (χ4v) is 2.53. The molecule has 2 rings (SSSR count). The Morgan fingerprint density at radius 1 is 1.41 bits per heavy atom. The molecule has 0 aromatic heterocycles. The number of ether oxygens (including phenoxy) is 3. The molecule has 0 aromatic carbocycles. The predicted molar refractivity (Wildman–Crippen MR) is 58.2 cm³/mol. The van der Waals surface area contributed by atoms with Crippen molar-refractivity contribution in [2.45, 2.75) is 38.9 Å². The molecule has 2 fully saturated rings. The number of esters is 1. The first-order valence-corrected chi connectivity index (χ1v) is 6.01. The van der Waals surface area contributed by atoms with Crippen LogP contribution in [0.1, 0.15) is 33.1 Å². The Hall–Kier alpha value is -0.940. The number of ketones is 1. The fraction of sp³-hybridized carbons (Fsp3) is 0.833. The van der Waals surface area contributed by atoms with E-state index in [9.17, 15) is 9.59 Å². The molecule has 96 valence electrons. The number of hydrogen-bond donors (Lipinski definition) is 0. The van der Waals surface area contributed by atoms with Crippen molar-refractivity contribution < 1.29 is 23.8 Å². The molecular weight excluding hydrogens is 224 g/mol. The van der Waals surface area contributed by atoms with Crippen molar-refractivity contribution in [3.63, 3.8) is 0 Å². The van der Waals surface area contributed by atoms with Gasteiger partial charge in [-0.3, -0.25) is 9.59 Å². The van der Waals surface area contributed by atoms with Gasteiger partial charge in [-0.25, -0.2) is 0 Å². The van der Waals surface area contributed by atoms with Gasteiger partial charge in [-0.05, 0) is 13.8 Å². The Kier molecular flexibility index (Phi) is 3.23. The van der Waals surface area contributed by atoms with Crippen molar-refractivity contribution in [3.8, 4) is 0 Å². The van der Waals surface area contributed by atoms with E-state index in [0.29, 0.717) is 26.1 Å². The molecule has 2 aliphatic rings. The monoisotopic (exact) mass is 242 g/mol. The van der Waals surface area contributed by atoms with Gasteiger partial charge in [0.2, 0.25) is 0 Å². The second-order valence-electron chi connectivity index (χ2n) is 4.76. The molecule has 5 heteroatoms. The Labute approximate surface area is 100 Å². The molecule has 0 unspecified atom stereocenters. The van der Waals surface area contributed by atoms with Crippen molar-refractivity contribution in [3.05, 3.63) is 0 Å². The lowest BCUT2D eigenvalue weighted by Crippen LogP contribution is -2.50. The summed E-state index contributed by atoms with van der Waals surface area (Å²) in [6.07, 6.45) is 1.09. The third-order valence-electron chi connectivity index (χ3n) is 3.51. The molecule has 0 aromatic rings. The van der Waals surface area contributed by atoms with Crippen LogP contribution in [0.4, 0.5) is 0 Å². The van der Waals surface area contributed by atoms with E-state index >= 15 is 0 Å². The summed E-state index contributed by atoms with van der Waals surface area (Å²) in [7, 11) is 0. The van der Waals surface area contributed by atoms with Crippen LogP contribution < -0.4 is 0 Å². The van der Waals surface area contributed by atoms with Gasteiger partial charge in [0.25, 0.3) is 0 Å². The van der Waals surface area contributed by atoms with Gasteiger partial charge in [0.1, 0.15) is 11.2 Å². The highest BCUT2D eigenvalue weighted by Gasteiger charge is 2.55. The molecule has 1 aliphatic carbocycles. The van der Waals surface area contributed by atoms with Crippen molar-refractivity contribution in [2.24, 2.45) is 5.41 Å². The van der Waals surface area contributed by atoms with Crippen molar-refractivity contribution >= 4 is 11.8 Å². The number of carbonyl (C=O) groups is 2. The highest BCUT2D eigenvalue weighted by molar-refractivity contribution is 6.04. The van der Waals surface area contributed by atoms with Gasteiger partial charge in [-0.2, -0.15) is 0 Å². The quantitative estimate of drug-likeness (QED) is 0.535. The smallest absolute Gasteiger partial charge is 0.319 e. The van der Waals surface area contributed by atoms with Crippen LogP contribution in [0, 0.1) is 5.41 Å². The first kappa shape index (κ1) is 12.5. The SMILES string of the molecule is CCOC(=O)[C@@]1(C)CC2(CCC1=O)OCCO2. The first-order valence-electron chi connectivity index (χ1n) is 6.01. The number of hydrogen-bond acceptors (Lipinski definition) is 5. The minimum absolute atomic E-state index is 0.0827. The number of Topliss-reactive ketones (excluding diaryl/α,β-unsaturated/α-hetero) is 1. The van der Waals surface area contributed by atoms with Gasteiger partial charge in [0, 0.05) is 19.3 Å². The molecule has 1 heterocycles. The number of carbonyl (C=O) groups excluding carboxylic acids is 2. The molecule has 5 nitrogen and oxygen atoms in total. The third-order valence-corrected chi connectivity index (χ3v) is 3.51. The molecule has 1 spiro atoms. The standard InChI is InChI=1S/C12H18O5/c1-3-15-10(14)11(2)8-12(5-4-9(11)13)16-6-7-17-12/h3-8H2,1-2H3/t11-/m0/s1. The van der Waals surface area contributed by atoms with Gasteiger partial charge < -0.3 is 14.2 Å². The summed E-state index contributed by atoms with van der Waals surface area (Å²) in [4.78, 5) is 23.9. The molecule has 1 saturated carbocycles. The zero-order chi connectivity index (χ0) is 12.5. The van der Waals surface area contributed by atoms with Crippen molar-refractivity contribution in [1.29, 1.82) is 0 Å². The van der Waals surface area contributed by atoms with Crippen LogP contribution in [0.2, 0.25) is 0 Å². The normalized spacial score (nSPS) is 31.8. The molecule has 1 aliphatic heterocycles. The maximum absolute atomic E-state index is 12.0. The lowest BCUT2D eigenvalue weighted by atomic mass is 9.71. The van der Waals surface area contributed by atoms with E-state index in [4.69, 9.17) is 14.2 Å². The Morgan fingerprint density at radius 2 is 2.06 bits per heavy atom. The summed E-state index contributed by atoms with van der Waals surface area (Å²) < 4.78 is 16.1. The minimum atomic E-state index is -1.13. The average molecular weight is 242 g/mol. The molecule has 1 atom stereocenters. The van der Waals surface area contributed by atoms with E-state index < -0.39 is 17.2 Å². The zero-order valence-corrected chi connectivity index (χ0v) is 10.3. The average Bonchev–Trinajstić information content (AvgIpc) is 2.73.